The minimum absolute atomic E-state index is 0.0109. The van der Waals surface area contributed by atoms with Gasteiger partial charge in [-0.2, -0.15) is 9.52 Å². The van der Waals surface area contributed by atoms with Gasteiger partial charge < -0.3 is 0 Å². The van der Waals surface area contributed by atoms with Crippen molar-refractivity contribution in [3.05, 3.63) is 65.2 Å². The van der Waals surface area contributed by atoms with Gasteiger partial charge in [0.25, 0.3) is 0 Å². The maximum atomic E-state index is 12.2. The number of anilines is 1. The van der Waals surface area contributed by atoms with Crippen LogP contribution in [0.4, 0.5) is 5.69 Å². The molecule has 0 amide bonds. The Kier molecular flexibility index (Phi) is 5.49. The highest BCUT2D eigenvalue weighted by molar-refractivity contribution is 7.92. The van der Waals surface area contributed by atoms with E-state index in [2.05, 4.69) is 9.82 Å². The maximum Gasteiger partial charge on any atom is 0.247 e. The van der Waals surface area contributed by atoms with Crippen LogP contribution < -0.4 is 4.72 Å². The Labute approximate surface area is 166 Å². The van der Waals surface area contributed by atoms with Crippen LogP contribution in [0, 0.1) is 6.92 Å². The van der Waals surface area contributed by atoms with Gasteiger partial charge in [0.15, 0.2) is 0 Å². The number of hydrogen-bond donors (Lipinski definition) is 1. The number of nitrogens with zero attached hydrogens (tertiary/aromatic N) is 2. The Balaban J connectivity index is 1.89. The van der Waals surface area contributed by atoms with E-state index >= 15 is 0 Å². The van der Waals surface area contributed by atoms with Crippen molar-refractivity contribution >= 4 is 31.4 Å². The van der Waals surface area contributed by atoms with E-state index in [0.29, 0.717) is 17.8 Å². The van der Waals surface area contributed by atoms with E-state index in [1.54, 1.807) is 31.2 Å². The van der Waals surface area contributed by atoms with Crippen molar-refractivity contribution in [2.24, 2.45) is 5.10 Å². The van der Waals surface area contributed by atoms with Gasteiger partial charge in [-0.05, 0) is 37.1 Å². The van der Waals surface area contributed by atoms with Gasteiger partial charge in [0.1, 0.15) is 0 Å². The molecular weight excluding hydrogens is 398 g/mol. The topological polar surface area (TPSA) is 95.9 Å². The molecule has 0 fully saturated rings. The molecule has 3 rings (SSSR count). The number of benzene rings is 2. The first-order chi connectivity index (χ1) is 13.1. The normalized spacial score (nSPS) is 17.5. The van der Waals surface area contributed by atoms with Crippen molar-refractivity contribution in [2.75, 3.05) is 16.7 Å². The second-order valence-electron chi connectivity index (χ2n) is 6.80. The van der Waals surface area contributed by atoms with Crippen molar-refractivity contribution in [2.45, 2.75) is 26.3 Å². The first-order valence-electron chi connectivity index (χ1n) is 8.83. The fourth-order valence-corrected chi connectivity index (χ4v) is 4.53. The van der Waals surface area contributed by atoms with Crippen LogP contribution in [0.15, 0.2) is 53.6 Å². The Morgan fingerprint density at radius 3 is 2.18 bits per heavy atom. The number of hydrazone groups is 1. The van der Waals surface area contributed by atoms with Gasteiger partial charge in [-0.15, -0.1) is 0 Å². The molecule has 150 valence electrons. The second kappa shape index (κ2) is 7.56. The number of rotatable bonds is 6. The molecule has 0 unspecified atom stereocenters. The Morgan fingerprint density at radius 2 is 1.64 bits per heavy atom. The fraction of sp³-hybridized carbons (Fsp3) is 0.316. The lowest BCUT2D eigenvalue weighted by Crippen LogP contribution is -2.25. The summed E-state index contributed by atoms with van der Waals surface area (Å²) in [6, 6.07) is 14.1. The van der Waals surface area contributed by atoms with Crippen molar-refractivity contribution < 1.29 is 16.8 Å². The molecule has 0 saturated heterocycles. The minimum Gasteiger partial charge on any atom is -0.284 e. The summed E-state index contributed by atoms with van der Waals surface area (Å²) in [5, 5.41) is 4.35. The Bertz CT molecular complexity index is 1090. The fourth-order valence-electron chi connectivity index (χ4n) is 2.99. The van der Waals surface area contributed by atoms with Gasteiger partial charge in [-0.1, -0.05) is 42.0 Å². The Hall–Kier alpha value is -2.39. The molecular formula is C19H23N3O4S2. The molecule has 0 saturated carbocycles. The minimum atomic E-state index is -3.53. The zero-order valence-corrected chi connectivity index (χ0v) is 17.6. The summed E-state index contributed by atoms with van der Waals surface area (Å²) in [7, 11) is -6.88. The van der Waals surface area contributed by atoms with E-state index in [0.717, 1.165) is 27.4 Å². The summed E-state index contributed by atoms with van der Waals surface area (Å²) in [6.45, 7) is 3.54. The molecule has 0 radical (unpaired) electrons. The van der Waals surface area contributed by atoms with Crippen LogP contribution in [-0.4, -0.2) is 39.0 Å². The molecule has 1 aliphatic heterocycles. The zero-order valence-electron chi connectivity index (χ0n) is 16.0. The summed E-state index contributed by atoms with van der Waals surface area (Å²) in [4.78, 5) is 0. The van der Waals surface area contributed by atoms with Gasteiger partial charge >= 0.3 is 0 Å². The zero-order chi connectivity index (χ0) is 20.5. The molecule has 9 heteroatoms. The molecule has 1 aliphatic rings. The van der Waals surface area contributed by atoms with Crippen LogP contribution in [0.5, 0.6) is 0 Å². The Morgan fingerprint density at radius 1 is 1.04 bits per heavy atom. The number of hydrogen-bond acceptors (Lipinski definition) is 5. The van der Waals surface area contributed by atoms with Gasteiger partial charge in [-0.25, -0.2) is 16.8 Å². The van der Waals surface area contributed by atoms with Gasteiger partial charge in [0.2, 0.25) is 20.0 Å². The van der Waals surface area contributed by atoms with E-state index in [1.165, 1.54) is 0 Å². The molecule has 1 N–H and O–H groups in total. The highest BCUT2D eigenvalue weighted by atomic mass is 32.2. The monoisotopic (exact) mass is 421 g/mol. The highest BCUT2D eigenvalue weighted by Gasteiger charge is 2.34. The molecule has 1 heterocycles. The van der Waals surface area contributed by atoms with Crippen molar-refractivity contribution in [3.63, 3.8) is 0 Å². The first-order valence-corrected chi connectivity index (χ1v) is 12.3. The number of nitrogens with one attached hydrogen (secondary N) is 1. The molecule has 0 bridgehead atoms. The molecule has 2 aromatic carbocycles. The molecule has 0 aliphatic carbocycles. The second-order valence-corrected chi connectivity index (χ2v) is 10.6. The number of aryl methyl sites for hydroxylation is 1. The van der Waals surface area contributed by atoms with Crippen molar-refractivity contribution in [1.29, 1.82) is 0 Å². The maximum absolute atomic E-state index is 12.2. The molecule has 1 atom stereocenters. The van der Waals surface area contributed by atoms with Crippen molar-refractivity contribution in [1.82, 2.24) is 4.41 Å². The summed E-state index contributed by atoms with van der Waals surface area (Å²) in [5.74, 6) is -0.0109. The lowest BCUT2D eigenvalue weighted by atomic mass is 9.98. The van der Waals surface area contributed by atoms with Gasteiger partial charge in [0.05, 0.1) is 23.8 Å². The van der Waals surface area contributed by atoms with E-state index < -0.39 is 26.1 Å². The van der Waals surface area contributed by atoms with E-state index in [4.69, 9.17) is 0 Å². The molecule has 0 spiro atoms. The van der Waals surface area contributed by atoms with E-state index in [9.17, 15) is 16.8 Å². The predicted molar refractivity (Wildman–Crippen MR) is 111 cm³/mol. The molecule has 28 heavy (non-hydrogen) atoms. The molecule has 2 aromatic rings. The lowest BCUT2D eigenvalue weighted by molar-refractivity contribution is 0.375. The van der Waals surface area contributed by atoms with Crippen molar-refractivity contribution in [3.8, 4) is 0 Å². The smallest absolute Gasteiger partial charge is 0.247 e. The SMILES string of the molecule is CCS(=O)(=O)Nc1ccc(C2=NN(S(C)(=O)=O)[C@H](c3ccc(C)cc3)C2)cc1. The standard InChI is InChI=1S/C19H23N3O4S2/c1-4-28(25,26)21-17-11-9-15(10-12-17)18-13-19(22(20-18)27(3,23)24)16-7-5-14(2)6-8-16/h5-12,19,21H,4,13H2,1-3H3/t19-/m0/s1. The molecule has 0 aromatic heterocycles. The number of sulfonamides is 2. The lowest BCUT2D eigenvalue weighted by Gasteiger charge is -2.21. The third kappa shape index (κ3) is 4.53. The van der Waals surface area contributed by atoms with Gasteiger partial charge in [-0.3, -0.25) is 4.72 Å². The quantitative estimate of drug-likeness (QED) is 0.776. The highest BCUT2D eigenvalue weighted by Crippen LogP contribution is 2.34. The third-order valence-corrected chi connectivity index (χ3v) is 6.87. The van der Waals surface area contributed by atoms with Gasteiger partial charge in [0, 0.05) is 12.1 Å². The first kappa shape index (κ1) is 20.3. The summed E-state index contributed by atoms with van der Waals surface area (Å²) >= 11 is 0. The van der Waals surface area contributed by atoms with Crippen LogP contribution in [0.1, 0.15) is 36.1 Å². The van der Waals surface area contributed by atoms with Crippen LogP contribution in [-0.2, 0) is 20.0 Å². The summed E-state index contributed by atoms with van der Waals surface area (Å²) in [5.41, 5.74) is 3.82. The van der Waals surface area contributed by atoms with E-state index in [-0.39, 0.29) is 5.75 Å². The summed E-state index contributed by atoms with van der Waals surface area (Å²) in [6.07, 6.45) is 1.58. The summed E-state index contributed by atoms with van der Waals surface area (Å²) < 4.78 is 51.5. The average molecular weight is 422 g/mol. The average Bonchev–Trinajstić information content (AvgIpc) is 3.08. The van der Waals surface area contributed by atoms with Crippen LogP contribution in [0.25, 0.3) is 0 Å². The predicted octanol–water partition coefficient (Wildman–Crippen LogP) is 2.87. The van der Waals surface area contributed by atoms with Crippen LogP contribution in [0.2, 0.25) is 0 Å². The van der Waals surface area contributed by atoms with Crippen LogP contribution in [0.3, 0.4) is 0 Å². The van der Waals surface area contributed by atoms with E-state index in [1.807, 2.05) is 31.2 Å². The largest absolute Gasteiger partial charge is 0.284 e. The van der Waals surface area contributed by atoms with Crippen LogP contribution >= 0.6 is 0 Å². The third-order valence-electron chi connectivity index (χ3n) is 4.55. The molecule has 7 nitrogen and oxygen atoms in total.